The summed E-state index contributed by atoms with van der Waals surface area (Å²) >= 11 is 0. The number of aliphatic hydroxyl groups is 1. The van der Waals surface area contributed by atoms with E-state index in [2.05, 4.69) is 10.3 Å². The molecule has 0 saturated carbocycles. The number of pyridine rings is 1. The second-order valence-electron chi connectivity index (χ2n) is 2.43. The van der Waals surface area contributed by atoms with Gasteiger partial charge in [0.15, 0.2) is 0 Å². The minimum Gasteiger partial charge on any atom is -0.506 e. The number of hydrogen-bond donors (Lipinski definition) is 3. The van der Waals surface area contributed by atoms with Gasteiger partial charge in [0.1, 0.15) is 11.4 Å². The topological polar surface area (TPSA) is 65.4 Å². The first-order valence-electron chi connectivity index (χ1n) is 3.71. The summed E-state index contributed by atoms with van der Waals surface area (Å²) in [5, 5.41) is 21.1. The fourth-order valence-corrected chi connectivity index (χ4v) is 0.992. The average Bonchev–Trinajstić information content (AvgIpc) is 2.10. The molecule has 1 aromatic heterocycles. The van der Waals surface area contributed by atoms with Crippen LogP contribution in [0.5, 0.6) is 5.75 Å². The summed E-state index contributed by atoms with van der Waals surface area (Å²) in [5.41, 5.74) is 0.475. The monoisotopic (exact) mass is 168 g/mol. The smallest absolute Gasteiger partial charge is 0.138 e. The average molecular weight is 168 g/mol. The minimum absolute atomic E-state index is 0.0823. The van der Waals surface area contributed by atoms with Crippen LogP contribution < -0.4 is 5.32 Å². The van der Waals surface area contributed by atoms with Crippen LogP contribution in [0.1, 0.15) is 11.7 Å². The van der Waals surface area contributed by atoms with E-state index in [9.17, 15) is 5.11 Å². The van der Waals surface area contributed by atoms with Gasteiger partial charge in [0.2, 0.25) is 0 Å². The predicted octanol–water partition coefficient (Wildman–Crippen LogP) is 0.0400. The zero-order chi connectivity index (χ0) is 8.97. The molecule has 66 valence electrons. The van der Waals surface area contributed by atoms with Crippen molar-refractivity contribution in [1.82, 2.24) is 10.3 Å². The number of rotatable bonds is 3. The maximum absolute atomic E-state index is 9.33. The second kappa shape index (κ2) is 4.04. The lowest BCUT2D eigenvalue weighted by molar-refractivity contribution is 0.245. The van der Waals surface area contributed by atoms with Gasteiger partial charge in [-0.15, -0.1) is 0 Å². The normalized spacial score (nSPS) is 12.8. The highest BCUT2D eigenvalue weighted by Crippen LogP contribution is 2.19. The van der Waals surface area contributed by atoms with E-state index < -0.39 is 0 Å². The number of nitrogens with zero attached hydrogens (tertiary/aromatic N) is 1. The Bertz CT molecular complexity index is 249. The summed E-state index contributed by atoms with van der Waals surface area (Å²) in [4.78, 5) is 3.95. The number of aromatic nitrogens is 1. The molecule has 4 heteroatoms. The van der Waals surface area contributed by atoms with Gasteiger partial charge in [-0.2, -0.15) is 0 Å². The summed E-state index contributed by atoms with van der Waals surface area (Å²) in [6.07, 6.45) is 1.58. The molecular weight excluding hydrogens is 156 g/mol. The Balaban J connectivity index is 2.92. The van der Waals surface area contributed by atoms with Crippen LogP contribution in [0.3, 0.4) is 0 Å². The quantitative estimate of drug-likeness (QED) is 0.596. The van der Waals surface area contributed by atoms with Gasteiger partial charge < -0.3 is 15.5 Å². The summed E-state index contributed by atoms with van der Waals surface area (Å²) in [5.74, 6) is 0.103. The third-order valence-corrected chi connectivity index (χ3v) is 1.68. The largest absolute Gasteiger partial charge is 0.506 e. The SMILES string of the molecule is CN[C@H](CO)c1ncccc1O. The molecule has 0 amide bonds. The highest BCUT2D eigenvalue weighted by molar-refractivity contribution is 5.27. The van der Waals surface area contributed by atoms with Crippen LogP contribution in [-0.4, -0.2) is 28.9 Å². The van der Waals surface area contributed by atoms with E-state index in [1.165, 1.54) is 0 Å². The molecule has 3 N–H and O–H groups in total. The van der Waals surface area contributed by atoms with Crippen molar-refractivity contribution in [2.75, 3.05) is 13.7 Å². The highest BCUT2D eigenvalue weighted by Gasteiger charge is 2.12. The van der Waals surface area contributed by atoms with Crippen molar-refractivity contribution < 1.29 is 10.2 Å². The number of aromatic hydroxyl groups is 1. The van der Waals surface area contributed by atoms with Crippen molar-refractivity contribution >= 4 is 0 Å². The summed E-state index contributed by atoms with van der Waals surface area (Å²) in [6, 6.07) is 2.89. The first-order valence-corrected chi connectivity index (χ1v) is 3.71. The van der Waals surface area contributed by atoms with Crippen molar-refractivity contribution in [1.29, 1.82) is 0 Å². The fourth-order valence-electron chi connectivity index (χ4n) is 0.992. The third kappa shape index (κ3) is 1.72. The maximum atomic E-state index is 9.33. The Hall–Kier alpha value is -1.13. The van der Waals surface area contributed by atoms with Crippen LogP contribution in [0.2, 0.25) is 0 Å². The van der Waals surface area contributed by atoms with Crippen LogP contribution in [-0.2, 0) is 0 Å². The number of likely N-dealkylation sites (N-methyl/N-ethyl adjacent to an activating group) is 1. The number of nitrogens with one attached hydrogen (secondary N) is 1. The molecular formula is C8H12N2O2. The van der Waals surface area contributed by atoms with Gasteiger partial charge in [0, 0.05) is 6.20 Å². The molecule has 0 bridgehead atoms. The molecule has 0 aromatic carbocycles. The van der Waals surface area contributed by atoms with Crippen molar-refractivity contribution in [2.45, 2.75) is 6.04 Å². The third-order valence-electron chi connectivity index (χ3n) is 1.68. The second-order valence-corrected chi connectivity index (χ2v) is 2.43. The van der Waals surface area contributed by atoms with Gasteiger partial charge in [0.25, 0.3) is 0 Å². The van der Waals surface area contributed by atoms with Crippen molar-refractivity contribution in [2.24, 2.45) is 0 Å². The molecule has 0 aliphatic carbocycles. The molecule has 1 atom stereocenters. The van der Waals surface area contributed by atoms with Crippen LogP contribution in [0.15, 0.2) is 18.3 Å². The molecule has 0 aliphatic rings. The summed E-state index contributed by atoms with van der Waals surface area (Å²) in [6.45, 7) is -0.0823. The molecule has 4 nitrogen and oxygen atoms in total. The standard InChI is InChI=1S/C8H12N2O2/c1-9-6(5-11)8-7(12)3-2-4-10-8/h2-4,6,9,11-12H,5H2,1H3/t6-/m1/s1. The Morgan fingerprint density at radius 3 is 2.92 bits per heavy atom. The van der Waals surface area contributed by atoms with E-state index in [0.29, 0.717) is 5.69 Å². The van der Waals surface area contributed by atoms with E-state index in [1.807, 2.05) is 0 Å². The Kier molecular flexibility index (Phi) is 3.01. The van der Waals surface area contributed by atoms with Crippen molar-refractivity contribution in [3.8, 4) is 5.75 Å². The summed E-state index contributed by atoms with van der Waals surface area (Å²) < 4.78 is 0. The first-order chi connectivity index (χ1) is 5.79. The molecule has 0 spiro atoms. The van der Waals surface area contributed by atoms with E-state index >= 15 is 0 Å². The molecule has 0 fully saturated rings. The highest BCUT2D eigenvalue weighted by atomic mass is 16.3. The molecule has 1 rings (SSSR count). The Labute approximate surface area is 70.9 Å². The van der Waals surface area contributed by atoms with Gasteiger partial charge in [-0.3, -0.25) is 4.98 Å². The lowest BCUT2D eigenvalue weighted by Gasteiger charge is -2.12. The molecule has 0 radical (unpaired) electrons. The lowest BCUT2D eigenvalue weighted by Crippen LogP contribution is -2.21. The molecule has 0 unspecified atom stereocenters. The molecule has 12 heavy (non-hydrogen) atoms. The zero-order valence-electron chi connectivity index (χ0n) is 6.86. The van der Waals surface area contributed by atoms with Crippen LogP contribution in [0.4, 0.5) is 0 Å². The van der Waals surface area contributed by atoms with E-state index in [-0.39, 0.29) is 18.4 Å². The van der Waals surface area contributed by atoms with Crippen LogP contribution >= 0.6 is 0 Å². The molecule has 1 heterocycles. The molecule has 0 saturated heterocycles. The van der Waals surface area contributed by atoms with E-state index in [4.69, 9.17) is 5.11 Å². The van der Waals surface area contributed by atoms with Gasteiger partial charge in [-0.05, 0) is 19.2 Å². The minimum atomic E-state index is -0.300. The van der Waals surface area contributed by atoms with Gasteiger partial charge >= 0.3 is 0 Å². The van der Waals surface area contributed by atoms with Crippen LogP contribution in [0, 0.1) is 0 Å². The van der Waals surface area contributed by atoms with Crippen molar-refractivity contribution in [3.63, 3.8) is 0 Å². The van der Waals surface area contributed by atoms with E-state index in [0.717, 1.165) is 0 Å². The predicted molar refractivity (Wildman–Crippen MR) is 44.8 cm³/mol. The lowest BCUT2D eigenvalue weighted by atomic mass is 10.2. The zero-order valence-corrected chi connectivity index (χ0v) is 6.86. The molecule has 0 aliphatic heterocycles. The van der Waals surface area contributed by atoms with Crippen LogP contribution in [0.25, 0.3) is 0 Å². The molecule has 1 aromatic rings. The summed E-state index contributed by atoms with van der Waals surface area (Å²) in [7, 11) is 1.70. The number of hydrogen-bond acceptors (Lipinski definition) is 4. The fraction of sp³-hybridized carbons (Fsp3) is 0.375. The Morgan fingerprint density at radius 1 is 1.67 bits per heavy atom. The Morgan fingerprint density at radius 2 is 2.42 bits per heavy atom. The van der Waals surface area contributed by atoms with Gasteiger partial charge in [0.05, 0.1) is 12.6 Å². The maximum Gasteiger partial charge on any atom is 0.138 e. The van der Waals surface area contributed by atoms with Gasteiger partial charge in [-0.25, -0.2) is 0 Å². The number of aliphatic hydroxyl groups excluding tert-OH is 1. The van der Waals surface area contributed by atoms with Crippen molar-refractivity contribution in [3.05, 3.63) is 24.0 Å². The first kappa shape index (κ1) is 8.96. The van der Waals surface area contributed by atoms with E-state index in [1.54, 1.807) is 25.4 Å². The van der Waals surface area contributed by atoms with Gasteiger partial charge in [-0.1, -0.05) is 0 Å².